The van der Waals surface area contributed by atoms with E-state index in [-0.39, 0.29) is 0 Å². The Hall–Kier alpha value is -1.59. The van der Waals surface area contributed by atoms with Gasteiger partial charge in [0, 0.05) is 22.3 Å². The Morgan fingerprint density at radius 3 is 2.89 bits per heavy atom. The number of halogens is 1. The summed E-state index contributed by atoms with van der Waals surface area (Å²) >= 11 is 10.9. The van der Waals surface area contributed by atoms with E-state index in [0.717, 1.165) is 22.7 Å². The Morgan fingerprint density at radius 1 is 1.50 bits per heavy atom. The van der Waals surface area contributed by atoms with Crippen LogP contribution in [0.3, 0.4) is 0 Å². The Labute approximate surface area is 115 Å². The highest BCUT2D eigenvalue weighted by Gasteiger charge is 2.07. The van der Waals surface area contributed by atoms with Gasteiger partial charge in [-0.2, -0.15) is 0 Å². The smallest absolute Gasteiger partial charge is 0.133 e. The Balaban J connectivity index is 2.17. The summed E-state index contributed by atoms with van der Waals surface area (Å²) in [4.78, 5) is 0.325. The standard InChI is InChI=1S/C12H12ClN3OS/c1-7-4-9(16-17-7)6-15-11-5-8(13)2-3-10(11)12(14)18/h2-5,15H,6H2,1H3,(H2,14,18). The molecule has 94 valence electrons. The highest BCUT2D eigenvalue weighted by atomic mass is 35.5. The van der Waals surface area contributed by atoms with E-state index >= 15 is 0 Å². The van der Waals surface area contributed by atoms with E-state index in [9.17, 15) is 0 Å². The van der Waals surface area contributed by atoms with Crippen LogP contribution in [0, 0.1) is 6.92 Å². The van der Waals surface area contributed by atoms with Gasteiger partial charge in [-0.3, -0.25) is 0 Å². The van der Waals surface area contributed by atoms with Crippen LogP contribution in [0.4, 0.5) is 5.69 Å². The van der Waals surface area contributed by atoms with Gasteiger partial charge in [-0.25, -0.2) is 0 Å². The number of nitrogens with two attached hydrogens (primary N) is 1. The molecule has 0 fully saturated rings. The van der Waals surface area contributed by atoms with Gasteiger partial charge in [0.2, 0.25) is 0 Å². The Bertz CT molecular complexity index is 582. The number of nitrogens with zero attached hydrogens (tertiary/aromatic N) is 1. The van der Waals surface area contributed by atoms with Crippen LogP contribution in [0.25, 0.3) is 0 Å². The van der Waals surface area contributed by atoms with E-state index < -0.39 is 0 Å². The number of anilines is 1. The highest BCUT2D eigenvalue weighted by molar-refractivity contribution is 7.80. The number of hydrogen-bond acceptors (Lipinski definition) is 4. The van der Waals surface area contributed by atoms with E-state index in [1.54, 1.807) is 18.2 Å². The van der Waals surface area contributed by atoms with Crippen LogP contribution in [0.15, 0.2) is 28.8 Å². The lowest BCUT2D eigenvalue weighted by molar-refractivity contribution is 0.391. The van der Waals surface area contributed by atoms with Crippen molar-refractivity contribution < 1.29 is 4.52 Å². The van der Waals surface area contributed by atoms with E-state index in [1.165, 1.54) is 0 Å². The first-order chi connectivity index (χ1) is 8.56. The topological polar surface area (TPSA) is 64.1 Å². The first-order valence-electron chi connectivity index (χ1n) is 5.31. The second-order valence-corrected chi connectivity index (χ2v) is 4.71. The molecule has 0 atom stereocenters. The molecule has 0 aliphatic carbocycles. The molecule has 0 saturated heterocycles. The van der Waals surface area contributed by atoms with Gasteiger partial charge in [-0.15, -0.1) is 0 Å². The van der Waals surface area contributed by atoms with Crippen molar-refractivity contribution in [2.45, 2.75) is 13.5 Å². The molecule has 1 heterocycles. The van der Waals surface area contributed by atoms with Gasteiger partial charge >= 0.3 is 0 Å². The third-order valence-corrected chi connectivity index (χ3v) is 2.84. The molecule has 0 radical (unpaired) electrons. The minimum Gasteiger partial charge on any atom is -0.389 e. The summed E-state index contributed by atoms with van der Waals surface area (Å²) in [5.41, 5.74) is 8.01. The second kappa shape index (κ2) is 5.37. The van der Waals surface area contributed by atoms with Gasteiger partial charge in [0.1, 0.15) is 16.4 Å². The molecule has 4 nitrogen and oxygen atoms in total. The van der Waals surface area contributed by atoms with Crippen LogP contribution in [0.1, 0.15) is 17.0 Å². The number of benzene rings is 1. The van der Waals surface area contributed by atoms with Gasteiger partial charge in [0.15, 0.2) is 0 Å². The molecule has 2 aromatic rings. The van der Waals surface area contributed by atoms with Gasteiger partial charge in [-0.1, -0.05) is 29.0 Å². The zero-order valence-corrected chi connectivity index (χ0v) is 11.3. The summed E-state index contributed by atoms with van der Waals surface area (Å²) in [5, 5.41) is 7.70. The molecule has 0 unspecified atom stereocenters. The summed E-state index contributed by atoms with van der Waals surface area (Å²) in [6.07, 6.45) is 0. The lowest BCUT2D eigenvalue weighted by Gasteiger charge is -2.10. The minimum absolute atomic E-state index is 0.325. The monoisotopic (exact) mass is 281 g/mol. The summed E-state index contributed by atoms with van der Waals surface area (Å²) in [6.45, 7) is 2.36. The Morgan fingerprint density at radius 2 is 2.28 bits per heavy atom. The molecule has 3 N–H and O–H groups in total. The van der Waals surface area contributed by atoms with Crippen molar-refractivity contribution in [3.05, 3.63) is 46.3 Å². The van der Waals surface area contributed by atoms with Gasteiger partial charge in [0.25, 0.3) is 0 Å². The third-order valence-electron chi connectivity index (χ3n) is 2.38. The van der Waals surface area contributed by atoms with Crippen LogP contribution in [-0.2, 0) is 6.54 Å². The second-order valence-electron chi connectivity index (χ2n) is 3.84. The maximum Gasteiger partial charge on any atom is 0.133 e. The number of nitrogens with one attached hydrogen (secondary N) is 1. The zero-order chi connectivity index (χ0) is 13.1. The van der Waals surface area contributed by atoms with Crippen molar-refractivity contribution in [1.82, 2.24) is 5.16 Å². The largest absolute Gasteiger partial charge is 0.389 e. The molecule has 2 rings (SSSR count). The predicted molar refractivity (Wildman–Crippen MR) is 75.9 cm³/mol. The first kappa shape index (κ1) is 12.9. The van der Waals surface area contributed by atoms with Crippen LogP contribution in [0.2, 0.25) is 5.02 Å². The van der Waals surface area contributed by atoms with Crippen molar-refractivity contribution in [2.24, 2.45) is 5.73 Å². The van der Waals surface area contributed by atoms with Gasteiger partial charge in [-0.05, 0) is 25.1 Å². The fourth-order valence-corrected chi connectivity index (χ4v) is 1.91. The van der Waals surface area contributed by atoms with Crippen molar-refractivity contribution >= 4 is 34.5 Å². The molecule has 0 bridgehead atoms. The number of thiocarbonyl (C=S) groups is 1. The van der Waals surface area contributed by atoms with Gasteiger partial charge < -0.3 is 15.6 Å². The van der Waals surface area contributed by atoms with Crippen molar-refractivity contribution in [3.63, 3.8) is 0 Å². The highest BCUT2D eigenvalue weighted by Crippen LogP contribution is 2.21. The first-order valence-corrected chi connectivity index (χ1v) is 6.10. The van der Waals surface area contributed by atoms with E-state index in [2.05, 4.69) is 10.5 Å². The van der Waals surface area contributed by atoms with Crippen LogP contribution < -0.4 is 11.1 Å². The summed E-state index contributed by atoms with van der Waals surface area (Å²) in [6, 6.07) is 7.18. The van der Waals surface area contributed by atoms with Crippen molar-refractivity contribution in [1.29, 1.82) is 0 Å². The summed E-state index contributed by atoms with van der Waals surface area (Å²) in [5.74, 6) is 0.771. The normalized spacial score (nSPS) is 10.3. The molecule has 1 aromatic heterocycles. The molecule has 1 aromatic carbocycles. The van der Waals surface area contributed by atoms with Crippen LogP contribution in [0.5, 0.6) is 0 Å². The van der Waals surface area contributed by atoms with E-state index in [1.807, 2.05) is 13.0 Å². The number of aryl methyl sites for hydroxylation is 1. The van der Waals surface area contributed by atoms with E-state index in [4.69, 9.17) is 34.1 Å². The quantitative estimate of drug-likeness (QED) is 0.844. The van der Waals surface area contributed by atoms with Crippen LogP contribution in [-0.4, -0.2) is 10.1 Å². The molecule has 0 spiro atoms. The van der Waals surface area contributed by atoms with Crippen molar-refractivity contribution in [3.8, 4) is 0 Å². The van der Waals surface area contributed by atoms with E-state index in [0.29, 0.717) is 16.6 Å². The summed E-state index contributed by atoms with van der Waals surface area (Å²) < 4.78 is 4.99. The molecule has 6 heteroatoms. The summed E-state index contributed by atoms with van der Waals surface area (Å²) in [7, 11) is 0. The lowest BCUT2D eigenvalue weighted by atomic mass is 10.1. The maximum atomic E-state index is 5.95. The molecule has 0 aliphatic heterocycles. The average molecular weight is 282 g/mol. The fraction of sp³-hybridized carbons (Fsp3) is 0.167. The molecule has 0 saturated carbocycles. The molecular formula is C12H12ClN3OS. The molecular weight excluding hydrogens is 270 g/mol. The number of hydrogen-bond donors (Lipinski definition) is 2. The SMILES string of the molecule is Cc1cc(CNc2cc(Cl)ccc2C(N)=S)no1. The molecule has 0 aliphatic rings. The predicted octanol–water partition coefficient (Wildman–Crippen LogP) is 2.88. The third kappa shape index (κ3) is 3.00. The maximum absolute atomic E-state index is 5.95. The zero-order valence-electron chi connectivity index (χ0n) is 9.74. The van der Waals surface area contributed by atoms with Gasteiger partial charge in [0.05, 0.1) is 6.54 Å². The average Bonchev–Trinajstić information content (AvgIpc) is 2.72. The van der Waals surface area contributed by atoms with Crippen LogP contribution >= 0.6 is 23.8 Å². The fourth-order valence-electron chi connectivity index (χ4n) is 1.56. The number of rotatable bonds is 4. The Kier molecular flexibility index (Phi) is 3.84. The number of aromatic nitrogens is 1. The lowest BCUT2D eigenvalue weighted by Crippen LogP contribution is -2.13. The van der Waals surface area contributed by atoms with Crippen molar-refractivity contribution in [2.75, 3.05) is 5.32 Å². The molecule has 18 heavy (non-hydrogen) atoms. The minimum atomic E-state index is 0.325. The molecule has 0 amide bonds.